The first-order chi connectivity index (χ1) is 7.14. The van der Waals surface area contributed by atoms with Crippen LogP contribution in [0.5, 0.6) is 0 Å². The van der Waals surface area contributed by atoms with E-state index in [9.17, 15) is 4.79 Å². The van der Waals surface area contributed by atoms with Gasteiger partial charge in [-0.2, -0.15) is 12.6 Å². The molecule has 0 aromatic heterocycles. The van der Waals surface area contributed by atoms with Crippen LogP contribution in [0.25, 0.3) is 0 Å². The summed E-state index contributed by atoms with van der Waals surface area (Å²) < 4.78 is 5.55. The van der Waals surface area contributed by atoms with Crippen molar-refractivity contribution >= 4 is 18.7 Å². The number of rotatable bonds is 3. The van der Waals surface area contributed by atoms with Gasteiger partial charge < -0.3 is 10.1 Å². The van der Waals surface area contributed by atoms with E-state index in [1.54, 1.807) is 0 Å². The number of hydrogen-bond acceptors (Lipinski definition) is 3. The van der Waals surface area contributed by atoms with Crippen LogP contribution in [0.4, 0.5) is 4.79 Å². The van der Waals surface area contributed by atoms with E-state index in [1.165, 1.54) is 19.3 Å². The molecule has 2 aliphatic rings. The van der Waals surface area contributed by atoms with Gasteiger partial charge >= 0.3 is 6.09 Å². The fourth-order valence-corrected chi connectivity index (χ4v) is 3.20. The first-order valence-electron chi connectivity index (χ1n) is 5.72. The Morgan fingerprint density at radius 3 is 2.93 bits per heavy atom. The van der Waals surface area contributed by atoms with Gasteiger partial charge in [-0.25, -0.2) is 4.79 Å². The first-order valence-corrected chi connectivity index (χ1v) is 6.35. The van der Waals surface area contributed by atoms with Crippen LogP contribution in [0, 0.1) is 11.8 Å². The van der Waals surface area contributed by atoms with Gasteiger partial charge in [-0.15, -0.1) is 0 Å². The van der Waals surface area contributed by atoms with Crippen LogP contribution in [-0.2, 0) is 4.74 Å². The van der Waals surface area contributed by atoms with Crippen molar-refractivity contribution in [1.29, 1.82) is 0 Å². The lowest BCUT2D eigenvalue weighted by Crippen LogP contribution is -2.41. The highest BCUT2D eigenvalue weighted by Gasteiger charge is 2.50. The van der Waals surface area contributed by atoms with Crippen molar-refractivity contribution in [2.24, 2.45) is 11.8 Å². The fraction of sp³-hybridized carbons (Fsp3) is 0.909. The molecule has 0 aromatic rings. The van der Waals surface area contributed by atoms with Gasteiger partial charge in [0.2, 0.25) is 0 Å². The zero-order chi connectivity index (χ0) is 10.9. The topological polar surface area (TPSA) is 38.3 Å². The summed E-state index contributed by atoms with van der Waals surface area (Å²) in [7, 11) is 0. The quantitative estimate of drug-likeness (QED) is 0.728. The number of nitrogens with one attached hydrogen (secondary N) is 1. The Bertz CT molecular complexity index is 259. The Morgan fingerprint density at radius 2 is 2.40 bits per heavy atom. The highest BCUT2D eigenvalue weighted by Crippen LogP contribution is 2.52. The molecule has 0 heterocycles. The van der Waals surface area contributed by atoms with Crippen molar-refractivity contribution in [3.8, 4) is 0 Å². The lowest BCUT2D eigenvalue weighted by Gasteiger charge is -2.33. The molecule has 4 heteroatoms. The minimum atomic E-state index is -0.279. The summed E-state index contributed by atoms with van der Waals surface area (Å²) in [4.78, 5) is 11.5. The van der Waals surface area contributed by atoms with Crippen LogP contribution in [0.2, 0.25) is 0 Å². The molecule has 2 aliphatic carbocycles. The minimum absolute atomic E-state index is 0.205. The molecule has 1 amide bonds. The summed E-state index contributed by atoms with van der Waals surface area (Å²) in [6.07, 6.45) is 4.56. The molecule has 3 nitrogen and oxygen atoms in total. The predicted octanol–water partition coefficient (Wildman–Crippen LogP) is 2.22. The van der Waals surface area contributed by atoms with Gasteiger partial charge in [-0.05, 0) is 44.4 Å². The molecule has 2 fully saturated rings. The van der Waals surface area contributed by atoms with Crippen molar-refractivity contribution in [1.82, 2.24) is 5.32 Å². The molecular formula is C11H19NO2S. The molecular weight excluding hydrogens is 210 g/mol. The second-order valence-corrected chi connectivity index (χ2v) is 5.38. The van der Waals surface area contributed by atoms with E-state index in [4.69, 9.17) is 4.74 Å². The maximum atomic E-state index is 11.5. The standard InChI is InChI=1S/C11H19NO2S/c1-11(14-10(13)12-4-5-15)7-8-2-3-9(11)6-8/h8-9,15H,2-7H2,1H3,(H,12,13). The number of fused-ring (bicyclic) bond motifs is 2. The van der Waals surface area contributed by atoms with Crippen molar-refractivity contribution in [3.63, 3.8) is 0 Å². The summed E-state index contributed by atoms with van der Waals surface area (Å²) in [5.74, 6) is 2.03. The van der Waals surface area contributed by atoms with E-state index in [-0.39, 0.29) is 11.7 Å². The van der Waals surface area contributed by atoms with Crippen molar-refractivity contribution in [2.45, 2.75) is 38.2 Å². The molecule has 15 heavy (non-hydrogen) atoms. The molecule has 86 valence electrons. The summed E-state index contributed by atoms with van der Waals surface area (Å²) in [6.45, 7) is 2.66. The van der Waals surface area contributed by atoms with Crippen LogP contribution in [0.15, 0.2) is 0 Å². The Labute approximate surface area is 96.4 Å². The van der Waals surface area contributed by atoms with Crippen molar-refractivity contribution in [2.75, 3.05) is 12.3 Å². The van der Waals surface area contributed by atoms with E-state index in [0.29, 0.717) is 18.2 Å². The second kappa shape index (κ2) is 4.24. The van der Waals surface area contributed by atoms with Gasteiger partial charge in [0.1, 0.15) is 5.60 Å². The van der Waals surface area contributed by atoms with Gasteiger partial charge in [0.15, 0.2) is 0 Å². The number of carbonyl (C=O) groups is 1. The SMILES string of the molecule is CC1(OC(=O)NCCS)CC2CCC1C2. The molecule has 2 bridgehead atoms. The summed E-state index contributed by atoms with van der Waals surface area (Å²) in [5.41, 5.74) is -0.205. The Kier molecular flexibility index (Phi) is 3.14. The smallest absolute Gasteiger partial charge is 0.407 e. The molecule has 2 rings (SSSR count). The van der Waals surface area contributed by atoms with Gasteiger partial charge in [0.25, 0.3) is 0 Å². The summed E-state index contributed by atoms with van der Waals surface area (Å²) >= 11 is 4.04. The maximum Gasteiger partial charge on any atom is 0.407 e. The second-order valence-electron chi connectivity index (χ2n) is 4.93. The third-order valence-corrected chi connectivity index (χ3v) is 4.03. The van der Waals surface area contributed by atoms with Gasteiger partial charge in [-0.1, -0.05) is 0 Å². The van der Waals surface area contributed by atoms with E-state index in [2.05, 4.69) is 24.9 Å². The largest absolute Gasteiger partial charge is 0.443 e. The Hall–Kier alpha value is -0.380. The van der Waals surface area contributed by atoms with E-state index in [0.717, 1.165) is 12.3 Å². The monoisotopic (exact) mass is 229 g/mol. The fourth-order valence-electron chi connectivity index (χ4n) is 3.09. The zero-order valence-electron chi connectivity index (χ0n) is 9.16. The predicted molar refractivity (Wildman–Crippen MR) is 62.2 cm³/mol. The molecule has 0 aromatic carbocycles. The van der Waals surface area contributed by atoms with E-state index < -0.39 is 0 Å². The third-order valence-electron chi connectivity index (χ3n) is 3.81. The lowest BCUT2D eigenvalue weighted by atomic mass is 9.86. The zero-order valence-corrected chi connectivity index (χ0v) is 10.1. The number of amides is 1. The Balaban J connectivity index is 1.86. The molecule has 1 N–H and O–H groups in total. The average molecular weight is 229 g/mol. The number of thiol groups is 1. The minimum Gasteiger partial charge on any atom is -0.443 e. The summed E-state index contributed by atoms with van der Waals surface area (Å²) in [5, 5.41) is 2.71. The molecule has 0 radical (unpaired) electrons. The van der Waals surface area contributed by atoms with Crippen molar-refractivity contribution < 1.29 is 9.53 Å². The van der Waals surface area contributed by atoms with Crippen LogP contribution in [0.3, 0.4) is 0 Å². The number of alkyl carbamates (subject to hydrolysis) is 1. The number of ether oxygens (including phenoxy) is 1. The maximum absolute atomic E-state index is 11.5. The number of hydrogen-bond donors (Lipinski definition) is 2. The van der Waals surface area contributed by atoms with E-state index >= 15 is 0 Å². The molecule has 0 spiro atoms. The van der Waals surface area contributed by atoms with Crippen LogP contribution in [0.1, 0.15) is 32.6 Å². The van der Waals surface area contributed by atoms with Gasteiger partial charge in [-0.3, -0.25) is 0 Å². The lowest BCUT2D eigenvalue weighted by molar-refractivity contribution is -0.0154. The van der Waals surface area contributed by atoms with Crippen LogP contribution >= 0.6 is 12.6 Å². The third kappa shape index (κ3) is 2.25. The Morgan fingerprint density at radius 1 is 1.60 bits per heavy atom. The molecule has 3 unspecified atom stereocenters. The summed E-state index contributed by atoms with van der Waals surface area (Å²) in [6, 6.07) is 0. The molecule has 0 saturated heterocycles. The normalized spacial score (nSPS) is 38.0. The first kappa shape index (κ1) is 11.1. The van der Waals surface area contributed by atoms with Crippen molar-refractivity contribution in [3.05, 3.63) is 0 Å². The molecule has 3 atom stereocenters. The molecule has 0 aliphatic heterocycles. The van der Waals surface area contributed by atoms with Gasteiger partial charge in [0.05, 0.1) is 0 Å². The van der Waals surface area contributed by atoms with E-state index in [1.807, 2.05) is 0 Å². The average Bonchev–Trinajstić information content (AvgIpc) is 2.73. The van der Waals surface area contributed by atoms with Crippen LogP contribution in [-0.4, -0.2) is 24.0 Å². The highest BCUT2D eigenvalue weighted by molar-refractivity contribution is 7.80. The number of carbonyl (C=O) groups excluding carboxylic acids is 1. The molecule has 2 saturated carbocycles. The van der Waals surface area contributed by atoms with Crippen LogP contribution < -0.4 is 5.32 Å². The van der Waals surface area contributed by atoms with Gasteiger partial charge in [0, 0.05) is 12.3 Å². The highest BCUT2D eigenvalue weighted by atomic mass is 32.1.